The van der Waals surface area contributed by atoms with E-state index in [4.69, 9.17) is 4.74 Å². The standard InChI is InChI=1S/C19H27N3O3/c1-25-10-9-21-8-7-15(13-21)12-20-19(24)16-11-18(23)22(14-16)17-5-3-2-4-6-17/h2-6,15-16H,7-14H2,1H3,(H,20,24)/t15-,16-/m0/s1. The number of hydrogen-bond acceptors (Lipinski definition) is 4. The zero-order chi connectivity index (χ0) is 17.6. The summed E-state index contributed by atoms with van der Waals surface area (Å²) in [6, 6.07) is 9.55. The van der Waals surface area contributed by atoms with Crippen molar-refractivity contribution in [1.29, 1.82) is 0 Å². The molecule has 2 fully saturated rings. The molecule has 1 aromatic rings. The normalized spacial score (nSPS) is 24.0. The van der Waals surface area contributed by atoms with Crippen LogP contribution in [0.4, 0.5) is 5.69 Å². The first-order chi connectivity index (χ1) is 12.2. The average molecular weight is 345 g/mol. The van der Waals surface area contributed by atoms with Crippen molar-refractivity contribution >= 4 is 17.5 Å². The molecule has 2 aliphatic heterocycles. The Hall–Kier alpha value is -1.92. The minimum atomic E-state index is -0.251. The lowest BCUT2D eigenvalue weighted by Gasteiger charge is -2.18. The topological polar surface area (TPSA) is 61.9 Å². The lowest BCUT2D eigenvalue weighted by molar-refractivity contribution is -0.126. The van der Waals surface area contributed by atoms with Gasteiger partial charge in [-0.15, -0.1) is 0 Å². The van der Waals surface area contributed by atoms with Gasteiger partial charge in [-0.25, -0.2) is 0 Å². The monoisotopic (exact) mass is 345 g/mol. The van der Waals surface area contributed by atoms with Crippen LogP contribution in [0.2, 0.25) is 0 Å². The van der Waals surface area contributed by atoms with Gasteiger partial charge in [0.25, 0.3) is 0 Å². The van der Waals surface area contributed by atoms with Gasteiger partial charge < -0.3 is 19.9 Å². The summed E-state index contributed by atoms with van der Waals surface area (Å²) in [5.41, 5.74) is 0.868. The van der Waals surface area contributed by atoms with E-state index in [2.05, 4.69) is 10.2 Å². The molecule has 0 bridgehead atoms. The molecular weight excluding hydrogens is 318 g/mol. The van der Waals surface area contributed by atoms with E-state index in [1.54, 1.807) is 12.0 Å². The maximum absolute atomic E-state index is 12.5. The van der Waals surface area contributed by atoms with Crippen molar-refractivity contribution in [3.63, 3.8) is 0 Å². The number of hydrogen-bond donors (Lipinski definition) is 1. The maximum Gasteiger partial charge on any atom is 0.227 e. The third-order valence-corrected chi connectivity index (χ3v) is 5.11. The molecule has 1 aromatic carbocycles. The minimum absolute atomic E-state index is 0.00197. The molecule has 25 heavy (non-hydrogen) atoms. The Labute approximate surface area is 149 Å². The molecule has 6 heteroatoms. The Kier molecular flexibility index (Phi) is 6.04. The van der Waals surface area contributed by atoms with E-state index in [9.17, 15) is 9.59 Å². The van der Waals surface area contributed by atoms with E-state index in [-0.39, 0.29) is 17.7 Å². The van der Waals surface area contributed by atoms with Gasteiger partial charge in [0.1, 0.15) is 0 Å². The number of para-hydroxylation sites is 1. The Morgan fingerprint density at radius 2 is 2.08 bits per heavy atom. The molecule has 6 nitrogen and oxygen atoms in total. The first-order valence-corrected chi connectivity index (χ1v) is 9.02. The first kappa shape index (κ1) is 17.9. The second-order valence-electron chi connectivity index (χ2n) is 6.93. The Morgan fingerprint density at radius 3 is 2.84 bits per heavy atom. The molecule has 2 amide bonds. The van der Waals surface area contributed by atoms with E-state index < -0.39 is 0 Å². The number of nitrogens with one attached hydrogen (secondary N) is 1. The molecule has 1 N–H and O–H groups in total. The van der Waals surface area contributed by atoms with E-state index >= 15 is 0 Å². The predicted molar refractivity (Wildman–Crippen MR) is 96.3 cm³/mol. The van der Waals surface area contributed by atoms with Gasteiger partial charge in [0.05, 0.1) is 12.5 Å². The van der Waals surface area contributed by atoms with Gasteiger partial charge in [-0.05, 0) is 31.0 Å². The van der Waals surface area contributed by atoms with E-state index in [1.807, 2.05) is 30.3 Å². The van der Waals surface area contributed by atoms with Crippen molar-refractivity contribution < 1.29 is 14.3 Å². The second kappa shape index (κ2) is 8.45. The molecule has 2 heterocycles. The smallest absolute Gasteiger partial charge is 0.227 e. The van der Waals surface area contributed by atoms with Crippen LogP contribution in [0.3, 0.4) is 0 Å². The van der Waals surface area contributed by atoms with Crippen molar-refractivity contribution in [3.05, 3.63) is 30.3 Å². The summed E-state index contributed by atoms with van der Waals surface area (Å²) in [6.07, 6.45) is 1.40. The molecule has 2 atom stereocenters. The summed E-state index contributed by atoms with van der Waals surface area (Å²) in [5, 5.41) is 3.06. The number of carbonyl (C=O) groups is 2. The molecule has 0 aromatic heterocycles. The van der Waals surface area contributed by atoms with Crippen LogP contribution in [0.25, 0.3) is 0 Å². The molecule has 2 aliphatic rings. The fourth-order valence-electron chi connectivity index (χ4n) is 3.63. The van der Waals surface area contributed by atoms with Crippen molar-refractivity contribution in [2.24, 2.45) is 11.8 Å². The van der Waals surface area contributed by atoms with Gasteiger partial charge in [-0.3, -0.25) is 9.59 Å². The van der Waals surface area contributed by atoms with Gasteiger partial charge in [0.15, 0.2) is 0 Å². The largest absolute Gasteiger partial charge is 0.383 e. The average Bonchev–Trinajstić information content (AvgIpc) is 3.25. The predicted octanol–water partition coefficient (Wildman–Crippen LogP) is 1.12. The summed E-state index contributed by atoms with van der Waals surface area (Å²) < 4.78 is 5.11. The van der Waals surface area contributed by atoms with Crippen LogP contribution in [0.1, 0.15) is 12.8 Å². The molecule has 3 rings (SSSR count). The van der Waals surface area contributed by atoms with Gasteiger partial charge in [0, 0.05) is 45.4 Å². The summed E-state index contributed by atoms with van der Waals surface area (Å²) in [6.45, 7) is 4.93. The highest BCUT2D eigenvalue weighted by molar-refractivity contribution is 6.00. The van der Waals surface area contributed by atoms with Crippen LogP contribution in [0.5, 0.6) is 0 Å². The van der Waals surface area contributed by atoms with Gasteiger partial charge in [-0.2, -0.15) is 0 Å². The molecule has 2 saturated heterocycles. The highest BCUT2D eigenvalue weighted by Crippen LogP contribution is 2.25. The Morgan fingerprint density at radius 1 is 1.28 bits per heavy atom. The molecule has 0 unspecified atom stereocenters. The van der Waals surface area contributed by atoms with Crippen molar-refractivity contribution in [1.82, 2.24) is 10.2 Å². The lowest BCUT2D eigenvalue weighted by Crippen LogP contribution is -2.36. The zero-order valence-electron chi connectivity index (χ0n) is 14.8. The number of carbonyl (C=O) groups excluding carboxylic acids is 2. The number of benzene rings is 1. The number of likely N-dealkylation sites (tertiary alicyclic amines) is 1. The summed E-state index contributed by atoms with van der Waals surface area (Å²) in [4.78, 5) is 28.8. The van der Waals surface area contributed by atoms with E-state index in [0.29, 0.717) is 25.4 Å². The van der Waals surface area contributed by atoms with Gasteiger partial charge >= 0.3 is 0 Å². The van der Waals surface area contributed by atoms with Crippen LogP contribution < -0.4 is 10.2 Å². The third-order valence-electron chi connectivity index (χ3n) is 5.11. The number of rotatable bonds is 7. The third kappa shape index (κ3) is 4.58. The summed E-state index contributed by atoms with van der Waals surface area (Å²) >= 11 is 0. The lowest BCUT2D eigenvalue weighted by atomic mass is 10.1. The van der Waals surface area contributed by atoms with Crippen LogP contribution in [0, 0.1) is 11.8 Å². The quantitative estimate of drug-likeness (QED) is 0.805. The van der Waals surface area contributed by atoms with Gasteiger partial charge in [-0.1, -0.05) is 18.2 Å². The zero-order valence-corrected chi connectivity index (χ0v) is 14.8. The van der Waals surface area contributed by atoms with Crippen molar-refractivity contribution in [2.45, 2.75) is 12.8 Å². The highest BCUT2D eigenvalue weighted by Gasteiger charge is 2.35. The molecule has 0 saturated carbocycles. The number of methoxy groups -OCH3 is 1. The number of amides is 2. The van der Waals surface area contributed by atoms with E-state index in [1.165, 1.54) is 0 Å². The Bertz CT molecular complexity index is 593. The highest BCUT2D eigenvalue weighted by atomic mass is 16.5. The minimum Gasteiger partial charge on any atom is -0.383 e. The molecule has 136 valence electrons. The first-order valence-electron chi connectivity index (χ1n) is 9.02. The van der Waals surface area contributed by atoms with E-state index in [0.717, 1.165) is 38.3 Å². The number of anilines is 1. The summed E-state index contributed by atoms with van der Waals surface area (Å²) in [7, 11) is 1.72. The fourth-order valence-corrected chi connectivity index (χ4v) is 3.63. The molecule has 0 spiro atoms. The maximum atomic E-state index is 12.5. The van der Waals surface area contributed by atoms with Crippen molar-refractivity contribution in [2.75, 3.05) is 51.3 Å². The molecule has 0 aliphatic carbocycles. The van der Waals surface area contributed by atoms with Crippen LogP contribution >= 0.6 is 0 Å². The SMILES string of the molecule is COCCN1CC[C@@H](CNC(=O)[C@H]2CC(=O)N(c3ccccc3)C2)C1. The van der Waals surface area contributed by atoms with Crippen LogP contribution in [0.15, 0.2) is 30.3 Å². The Balaban J connectivity index is 1.44. The molecular formula is C19H27N3O3. The second-order valence-corrected chi connectivity index (χ2v) is 6.93. The number of ether oxygens (including phenoxy) is 1. The summed E-state index contributed by atoms with van der Waals surface area (Å²) in [5.74, 6) is 0.266. The van der Waals surface area contributed by atoms with Crippen LogP contribution in [-0.2, 0) is 14.3 Å². The van der Waals surface area contributed by atoms with Crippen molar-refractivity contribution in [3.8, 4) is 0 Å². The van der Waals surface area contributed by atoms with Gasteiger partial charge in [0.2, 0.25) is 11.8 Å². The molecule has 0 radical (unpaired) electrons. The fraction of sp³-hybridized carbons (Fsp3) is 0.579. The van der Waals surface area contributed by atoms with Crippen LogP contribution in [-0.4, -0.2) is 63.2 Å². The number of nitrogens with zero attached hydrogens (tertiary/aromatic N) is 2.